The number of aliphatic imine (C=N–C) groups is 1. The molecule has 9 heteroatoms. The summed E-state index contributed by atoms with van der Waals surface area (Å²) < 4.78 is 5.17. The summed E-state index contributed by atoms with van der Waals surface area (Å²) >= 11 is 0. The quantitative estimate of drug-likeness (QED) is 0.173. The molecule has 0 bridgehead atoms. The number of amides is 2. The van der Waals surface area contributed by atoms with Gasteiger partial charge in [0.1, 0.15) is 0 Å². The average molecular weight is 527 g/mol. The number of carbonyl (C=O) groups is 2. The Morgan fingerprint density at radius 3 is 2.43 bits per heavy atom. The van der Waals surface area contributed by atoms with Gasteiger partial charge in [-0.05, 0) is 43.5 Å². The van der Waals surface area contributed by atoms with Gasteiger partial charge in [-0.3, -0.25) is 14.6 Å². The number of hydrogen-bond donors (Lipinski definition) is 4. The Morgan fingerprint density at radius 2 is 1.77 bits per heavy atom. The molecule has 0 saturated heterocycles. The van der Waals surface area contributed by atoms with Crippen LogP contribution in [0, 0.1) is 6.92 Å². The minimum absolute atomic E-state index is 0. The van der Waals surface area contributed by atoms with Gasteiger partial charge >= 0.3 is 0 Å². The van der Waals surface area contributed by atoms with Gasteiger partial charge in [-0.1, -0.05) is 12.1 Å². The largest absolute Gasteiger partial charge is 0.459 e. The molecule has 1 heterocycles. The fraction of sp³-hybridized carbons (Fsp3) is 0.381. The van der Waals surface area contributed by atoms with Crippen LogP contribution < -0.4 is 21.3 Å². The van der Waals surface area contributed by atoms with E-state index >= 15 is 0 Å². The summed E-state index contributed by atoms with van der Waals surface area (Å²) in [5.41, 5.74) is 2.55. The Hall–Kier alpha value is -2.56. The number of aryl methyl sites for hydroxylation is 1. The SMILES string of the molecule is CN=C(NCCCNC(=O)c1occc1C)NCCc1cccc(C(=O)NC)c1.I. The molecule has 2 rings (SSSR count). The third-order valence-corrected chi connectivity index (χ3v) is 4.35. The molecule has 164 valence electrons. The lowest BCUT2D eigenvalue weighted by molar-refractivity contribution is 0.0923. The number of benzene rings is 1. The minimum atomic E-state index is -0.200. The van der Waals surface area contributed by atoms with E-state index in [2.05, 4.69) is 26.3 Å². The predicted molar refractivity (Wildman–Crippen MR) is 129 cm³/mol. The molecule has 0 aliphatic carbocycles. The highest BCUT2D eigenvalue weighted by molar-refractivity contribution is 14.0. The van der Waals surface area contributed by atoms with Crippen molar-refractivity contribution in [1.82, 2.24) is 21.3 Å². The zero-order valence-corrected chi connectivity index (χ0v) is 19.9. The van der Waals surface area contributed by atoms with Crippen LogP contribution in [-0.2, 0) is 6.42 Å². The van der Waals surface area contributed by atoms with E-state index in [1.807, 2.05) is 25.1 Å². The molecule has 0 saturated carbocycles. The molecule has 0 aliphatic rings. The van der Waals surface area contributed by atoms with Gasteiger partial charge in [-0.25, -0.2) is 0 Å². The first-order valence-corrected chi connectivity index (χ1v) is 9.63. The summed E-state index contributed by atoms with van der Waals surface area (Å²) in [5.74, 6) is 0.761. The van der Waals surface area contributed by atoms with E-state index in [0.717, 1.165) is 24.0 Å². The first kappa shape index (κ1) is 25.5. The first-order chi connectivity index (χ1) is 14.0. The van der Waals surface area contributed by atoms with E-state index in [0.29, 0.717) is 36.9 Å². The molecular weight excluding hydrogens is 497 g/mol. The van der Waals surface area contributed by atoms with Crippen molar-refractivity contribution in [3.63, 3.8) is 0 Å². The number of carbonyl (C=O) groups excluding carboxylic acids is 2. The molecule has 2 amide bonds. The van der Waals surface area contributed by atoms with Crippen molar-refractivity contribution >= 4 is 41.8 Å². The molecule has 0 fully saturated rings. The summed E-state index contributed by atoms with van der Waals surface area (Å²) in [5, 5.41) is 11.9. The third-order valence-electron chi connectivity index (χ3n) is 4.35. The van der Waals surface area contributed by atoms with Gasteiger partial charge in [-0.15, -0.1) is 24.0 Å². The molecule has 0 aliphatic heterocycles. The zero-order valence-electron chi connectivity index (χ0n) is 17.6. The number of guanidine groups is 1. The van der Waals surface area contributed by atoms with E-state index in [1.165, 1.54) is 6.26 Å². The van der Waals surface area contributed by atoms with Crippen molar-refractivity contribution in [2.24, 2.45) is 4.99 Å². The monoisotopic (exact) mass is 527 g/mol. The molecule has 1 aromatic heterocycles. The lowest BCUT2D eigenvalue weighted by atomic mass is 10.1. The molecule has 0 unspecified atom stereocenters. The second kappa shape index (κ2) is 13.6. The van der Waals surface area contributed by atoms with Gasteiger partial charge in [0.25, 0.3) is 11.8 Å². The standard InChI is InChI=1S/C21H29N5O3.HI/c1-15-9-13-29-18(15)20(28)24-10-5-11-25-21(23-3)26-12-8-16-6-4-7-17(14-16)19(27)22-2;/h4,6-7,9,13-14H,5,8,10-12H2,1-3H3,(H,22,27)(H,24,28)(H2,23,25,26);1H. The van der Waals surface area contributed by atoms with Gasteiger partial charge in [-0.2, -0.15) is 0 Å². The average Bonchev–Trinajstić information content (AvgIpc) is 3.17. The predicted octanol–water partition coefficient (Wildman–Crippen LogP) is 2.09. The minimum Gasteiger partial charge on any atom is -0.459 e. The second-order valence-electron chi connectivity index (χ2n) is 6.50. The third kappa shape index (κ3) is 8.05. The number of furan rings is 1. The normalized spacial score (nSPS) is 10.7. The molecular formula is C21H30IN5O3. The van der Waals surface area contributed by atoms with Crippen molar-refractivity contribution in [3.8, 4) is 0 Å². The van der Waals surface area contributed by atoms with Crippen LogP contribution in [-0.4, -0.2) is 51.5 Å². The molecule has 4 N–H and O–H groups in total. The Labute approximate surface area is 194 Å². The number of halogens is 1. The Bertz CT molecular complexity index is 851. The molecule has 0 spiro atoms. The van der Waals surface area contributed by atoms with Crippen molar-refractivity contribution in [1.29, 1.82) is 0 Å². The summed E-state index contributed by atoms with van der Waals surface area (Å²) in [4.78, 5) is 27.8. The van der Waals surface area contributed by atoms with Crippen LogP contribution in [0.4, 0.5) is 0 Å². The highest BCUT2D eigenvalue weighted by Gasteiger charge is 2.11. The van der Waals surface area contributed by atoms with Gasteiger partial charge < -0.3 is 25.7 Å². The lowest BCUT2D eigenvalue weighted by Gasteiger charge is -2.12. The van der Waals surface area contributed by atoms with Crippen molar-refractivity contribution < 1.29 is 14.0 Å². The molecule has 30 heavy (non-hydrogen) atoms. The fourth-order valence-corrected chi connectivity index (χ4v) is 2.74. The van der Waals surface area contributed by atoms with E-state index < -0.39 is 0 Å². The molecule has 2 aromatic rings. The lowest BCUT2D eigenvalue weighted by Crippen LogP contribution is -2.39. The van der Waals surface area contributed by atoms with Crippen LogP contribution in [0.1, 0.15) is 38.5 Å². The molecule has 1 aromatic carbocycles. The van der Waals surface area contributed by atoms with Gasteiger partial charge in [0.15, 0.2) is 11.7 Å². The van der Waals surface area contributed by atoms with Gasteiger partial charge in [0.05, 0.1) is 6.26 Å². The molecule has 0 radical (unpaired) electrons. The van der Waals surface area contributed by atoms with Crippen LogP contribution in [0.25, 0.3) is 0 Å². The van der Waals surface area contributed by atoms with Crippen molar-refractivity contribution in [3.05, 3.63) is 59.0 Å². The maximum absolute atomic E-state index is 12.0. The summed E-state index contributed by atoms with van der Waals surface area (Å²) in [7, 11) is 3.33. The number of nitrogens with one attached hydrogen (secondary N) is 4. The van der Waals surface area contributed by atoms with E-state index in [1.54, 1.807) is 26.2 Å². The Morgan fingerprint density at radius 1 is 1.03 bits per heavy atom. The smallest absolute Gasteiger partial charge is 0.287 e. The maximum atomic E-state index is 12.0. The second-order valence-corrected chi connectivity index (χ2v) is 6.50. The first-order valence-electron chi connectivity index (χ1n) is 9.63. The van der Waals surface area contributed by atoms with Crippen molar-refractivity contribution in [2.75, 3.05) is 33.7 Å². The zero-order chi connectivity index (χ0) is 21.1. The van der Waals surface area contributed by atoms with Crippen LogP contribution >= 0.6 is 24.0 Å². The van der Waals surface area contributed by atoms with E-state index in [-0.39, 0.29) is 35.8 Å². The highest BCUT2D eigenvalue weighted by atomic mass is 127. The maximum Gasteiger partial charge on any atom is 0.287 e. The number of nitrogens with zero attached hydrogens (tertiary/aromatic N) is 1. The van der Waals surface area contributed by atoms with E-state index in [4.69, 9.17) is 4.42 Å². The fourth-order valence-electron chi connectivity index (χ4n) is 2.74. The summed E-state index contributed by atoms with van der Waals surface area (Å²) in [6, 6.07) is 9.32. The molecule has 0 atom stereocenters. The van der Waals surface area contributed by atoms with Gasteiger partial charge in [0.2, 0.25) is 0 Å². The summed E-state index contributed by atoms with van der Waals surface area (Å²) in [6.45, 7) is 3.73. The van der Waals surface area contributed by atoms with Gasteiger partial charge in [0, 0.05) is 44.9 Å². The summed E-state index contributed by atoms with van der Waals surface area (Å²) in [6.07, 6.45) is 3.03. The van der Waals surface area contributed by atoms with E-state index in [9.17, 15) is 9.59 Å². The highest BCUT2D eigenvalue weighted by Crippen LogP contribution is 2.08. The van der Waals surface area contributed by atoms with Crippen LogP contribution in [0.3, 0.4) is 0 Å². The Kier molecular flexibility index (Phi) is 11.6. The van der Waals surface area contributed by atoms with Crippen LogP contribution in [0.5, 0.6) is 0 Å². The molecule has 8 nitrogen and oxygen atoms in total. The Balaban J connectivity index is 0.00000450. The van der Waals surface area contributed by atoms with Crippen molar-refractivity contribution in [2.45, 2.75) is 19.8 Å². The van der Waals surface area contributed by atoms with Crippen LogP contribution in [0.2, 0.25) is 0 Å². The topological polar surface area (TPSA) is 108 Å². The number of hydrogen-bond acceptors (Lipinski definition) is 4. The van der Waals surface area contributed by atoms with Crippen LogP contribution in [0.15, 0.2) is 46.0 Å². The number of rotatable bonds is 9.